The molecule has 4 heteroatoms. The average Bonchev–Trinajstić information content (AvgIpc) is 2.98. The molecule has 0 atom stereocenters. The summed E-state index contributed by atoms with van der Waals surface area (Å²) in [7, 11) is 0. The van der Waals surface area contributed by atoms with Gasteiger partial charge in [0, 0.05) is 29.9 Å². The molecule has 0 unspecified atom stereocenters. The molecule has 0 N–H and O–H groups in total. The normalized spacial score (nSPS) is 10.8. The van der Waals surface area contributed by atoms with Gasteiger partial charge in [-0.15, -0.1) is 0 Å². The van der Waals surface area contributed by atoms with E-state index >= 15 is 0 Å². The maximum Gasteiger partial charge on any atom is 0.219 e. The first-order valence-electron chi connectivity index (χ1n) is 7.47. The van der Waals surface area contributed by atoms with Gasteiger partial charge in [0.25, 0.3) is 0 Å². The summed E-state index contributed by atoms with van der Waals surface area (Å²) in [5.74, 6) is 1.32. The molecule has 23 heavy (non-hydrogen) atoms. The molecule has 0 aliphatic carbocycles. The maximum atomic E-state index is 5.75. The predicted octanol–water partition coefficient (Wildman–Crippen LogP) is 4.27. The summed E-state index contributed by atoms with van der Waals surface area (Å²) in [6.45, 7) is 0.756. The Hall–Kier alpha value is -3.14. The van der Waals surface area contributed by atoms with Gasteiger partial charge in [-0.25, -0.2) is 4.98 Å². The second kappa shape index (κ2) is 5.93. The monoisotopic (exact) mass is 301 g/mol. The second-order valence-corrected chi connectivity index (χ2v) is 5.30. The molecule has 2 aromatic heterocycles. The average molecular weight is 301 g/mol. The van der Waals surface area contributed by atoms with E-state index in [2.05, 4.69) is 22.2 Å². The van der Waals surface area contributed by atoms with Crippen molar-refractivity contribution in [2.75, 3.05) is 0 Å². The van der Waals surface area contributed by atoms with Crippen LogP contribution >= 0.6 is 0 Å². The van der Waals surface area contributed by atoms with Crippen LogP contribution in [0.4, 0.5) is 0 Å². The van der Waals surface area contributed by atoms with Gasteiger partial charge in [0.15, 0.2) is 0 Å². The van der Waals surface area contributed by atoms with Gasteiger partial charge in [-0.1, -0.05) is 36.4 Å². The number of ether oxygens (including phenoxy) is 1. The maximum absolute atomic E-state index is 5.75. The highest BCUT2D eigenvalue weighted by atomic mass is 16.5. The fourth-order valence-electron chi connectivity index (χ4n) is 2.49. The van der Waals surface area contributed by atoms with Gasteiger partial charge in [0.1, 0.15) is 5.75 Å². The third kappa shape index (κ3) is 3.06. The summed E-state index contributed by atoms with van der Waals surface area (Å²) in [5.41, 5.74) is 2.14. The Balaban J connectivity index is 1.59. The Morgan fingerprint density at radius 3 is 2.61 bits per heavy atom. The first-order chi connectivity index (χ1) is 11.4. The lowest BCUT2D eigenvalue weighted by molar-refractivity contribution is 0.463. The molecule has 0 saturated heterocycles. The van der Waals surface area contributed by atoms with Gasteiger partial charge in [0.2, 0.25) is 5.88 Å². The third-order valence-electron chi connectivity index (χ3n) is 3.57. The first-order valence-corrected chi connectivity index (χ1v) is 7.47. The molecule has 0 radical (unpaired) electrons. The van der Waals surface area contributed by atoms with Gasteiger partial charge in [0.05, 0.1) is 12.1 Å². The Bertz CT molecular complexity index is 878. The van der Waals surface area contributed by atoms with Crippen molar-refractivity contribution in [3.63, 3.8) is 0 Å². The van der Waals surface area contributed by atoms with Crippen molar-refractivity contribution < 1.29 is 4.74 Å². The van der Waals surface area contributed by atoms with Crippen LogP contribution in [-0.4, -0.2) is 14.8 Å². The molecule has 0 aliphatic rings. The Morgan fingerprint density at radius 2 is 1.78 bits per heavy atom. The lowest BCUT2D eigenvalue weighted by Crippen LogP contribution is -1.99. The minimum absolute atomic E-state index is 0.579. The van der Waals surface area contributed by atoms with Gasteiger partial charge in [-0.05, 0) is 23.8 Å². The van der Waals surface area contributed by atoms with Crippen molar-refractivity contribution in [2.45, 2.75) is 6.54 Å². The van der Waals surface area contributed by atoms with Crippen LogP contribution in [0.5, 0.6) is 11.6 Å². The van der Waals surface area contributed by atoms with Crippen LogP contribution in [0.3, 0.4) is 0 Å². The van der Waals surface area contributed by atoms with Crippen LogP contribution in [-0.2, 0) is 6.54 Å². The number of aromatic nitrogens is 3. The minimum atomic E-state index is 0.579. The van der Waals surface area contributed by atoms with Crippen LogP contribution in [0.1, 0.15) is 5.56 Å². The molecule has 2 heterocycles. The smallest absolute Gasteiger partial charge is 0.219 e. The highest BCUT2D eigenvalue weighted by molar-refractivity contribution is 5.79. The molecular weight excluding hydrogens is 286 g/mol. The van der Waals surface area contributed by atoms with Gasteiger partial charge < -0.3 is 4.74 Å². The number of hydrogen-bond donors (Lipinski definition) is 0. The topological polar surface area (TPSA) is 39.9 Å². The van der Waals surface area contributed by atoms with E-state index in [1.807, 2.05) is 65.5 Å². The molecule has 4 aromatic rings. The first kappa shape index (κ1) is 13.5. The summed E-state index contributed by atoms with van der Waals surface area (Å²) in [6.07, 6.45) is 3.76. The van der Waals surface area contributed by atoms with Crippen molar-refractivity contribution in [1.29, 1.82) is 0 Å². The molecule has 0 aliphatic heterocycles. The van der Waals surface area contributed by atoms with Crippen molar-refractivity contribution in [3.05, 3.63) is 84.7 Å². The molecule has 112 valence electrons. The van der Waals surface area contributed by atoms with Crippen LogP contribution in [0, 0.1) is 0 Å². The van der Waals surface area contributed by atoms with E-state index < -0.39 is 0 Å². The number of fused-ring (bicyclic) bond motifs is 1. The molecule has 2 aromatic carbocycles. The summed E-state index contributed by atoms with van der Waals surface area (Å²) in [6, 6.07) is 21.8. The number of benzene rings is 2. The fraction of sp³-hybridized carbons (Fsp3) is 0.0526. The zero-order valence-corrected chi connectivity index (χ0v) is 12.5. The highest BCUT2D eigenvalue weighted by Crippen LogP contribution is 2.23. The highest BCUT2D eigenvalue weighted by Gasteiger charge is 2.05. The van der Waals surface area contributed by atoms with Crippen molar-refractivity contribution >= 4 is 10.9 Å². The summed E-state index contributed by atoms with van der Waals surface area (Å²) in [4.78, 5) is 4.17. The van der Waals surface area contributed by atoms with Crippen LogP contribution < -0.4 is 4.74 Å². The molecule has 4 rings (SSSR count). The second-order valence-electron chi connectivity index (χ2n) is 5.30. The number of rotatable bonds is 4. The van der Waals surface area contributed by atoms with E-state index in [4.69, 9.17) is 4.74 Å². The standard InChI is InChI=1S/C19H15N3O/c1-2-6-15(7-3-1)13-22-14-16-9-10-17(12-18(16)21-22)23-19-8-4-5-11-20-19/h1-12,14H,13H2. The number of hydrogen-bond acceptors (Lipinski definition) is 3. The zero-order chi connectivity index (χ0) is 15.5. The third-order valence-corrected chi connectivity index (χ3v) is 3.57. The van der Waals surface area contributed by atoms with Crippen LogP contribution in [0.2, 0.25) is 0 Å². The fourth-order valence-corrected chi connectivity index (χ4v) is 2.49. The molecule has 0 spiro atoms. The molecular formula is C19H15N3O. The van der Waals surface area contributed by atoms with Crippen LogP contribution in [0.25, 0.3) is 10.9 Å². The molecule has 0 bridgehead atoms. The number of nitrogens with zero attached hydrogens (tertiary/aromatic N) is 3. The molecule has 4 nitrogen and oxygen atoms in total. The van der Waals surface area contributed by atoms with E-state index in [9.17, 15) is 0 Å². The minimum Gasteiger partial charge on any atom is -0.439 e. The summed E-state index contributed by atoms with van der Waals surface area (Å²) >= 11 is 0. The van der Waals surface area contributed by atoms with E-state index in [0.717, 1.165) is 23.2 Å². The quantitative estimate of drug-likeness (QED) is 0.565. The Labute approximate surface area is 134 Å². The lowest BCUT2D eigenvalue weighted by atomic mass is 10.2. The molecule has 0 saturated carbocycles. The zero-order valence-electron chi connectivity index (χ0n) is 12.5. The lowest BCUT2D eigenvalue weighted by Gasteiger charge is -2.03. The largest absolute Gasteiger partial charge is 0.439 e. The Morgan fingerprint density at radius 1 is 0.913 bits per heavy atom. The van der Waals surface area contributed by atoms with Gasteiger partial charge in [-0.2, -0.15) is 5.10 Å². The van der Waals surface area contributed by atoms with E-state index in [0.29, 0.717) is 5.88 Å². The summed E-state index contributed by atoms with van der Waals surface area (Å²) in [5, 5.41) is 5.72. The van der Waals surface area contributed by atoms with E-state index in [1.54, 1.807) is 6.20 Å². The van der Waals surface area contributed by atoms with Crippen molar-refractivity contribution in [3.8, 4) is 11.6 Å². The SMILES string of the molecule is c1ccc(Cn2cc3ccc(Oc4ccccn4)cc3n2)cc1. The van der Waals surface area contributed by atoms with Gasteiger partial charge >= 0.3 is 0 Å². The summed E-state index contributed by atoms with van der Waals surface area (Å²) < 4.78 is 7.70. The molecule has 0 fully saturated rings. The van der Waals surface area contributed by atoms with Gasteiger partial charge in [-0.3, -0.25) is 4.68 Å². The van der Waals surface area contributed by atoms with E-state index in [1.165, 1.54) is 5.56 Å². The number of pyridine rings is 1. The van der Waals surface area contributed by atoms with Crippen molar-refractivity contribution in [2.24, 2.45) is 0 Å². The predicted molar refractivity (Wildman–Crippen MR) is 89.6 cm³/mol. The molecule has 0 amide bonds. The Kier molecular flexibility index (Phi) is 3.48. The van der Waals surface area contributed by atoms with E-state index in [-0.39, 0.29) is 0 Å². The van der Waals surface area contributed by atoms with Crippen molar-refractivity contribution in [1.82, 2.24) is 14.8 Å². The van der Waals surface area contributed by atoms with Crippen LogP contribution in [0.15, 0.2) is 79.1 Å².